The average Bonchev–Trinajstić information content (AvgIpc) is 2.39. The van der Waals surface area contributed by atoms with Crippen molar-refractivity contribution in [1.82, 2.24) is 4.98 Å². The van der Waals surface area contributed by atoms with E-state index in [0.717, 1.165) is 11.6 Å². The van der Waals surface area contributed by atoms with Crippen molar-refractivity contribution in [3.8, 4) is 0 Å². The van der Waals surface area contributed by atoms with Crippen LogP contribution in [0.15, 0.2) is 48.5 Å². The van der Waals surface area contributed by atoms with Gasteiger partial charge in [-0.2, -0.15) is 13.2 Å². The van der Waals surface area contributed by atoms with Gasteiger partial charge in [0.2, 0.25) is 0 Å². The molecule has 0 radical (unpaired) electrons. The van der Waals surface area contributed by atoms with Crippen molar-refractivity contribution >= 4 is 0 Å². The van der Waals surface area contributed by atoms with Gasteiger partial charge in [0, 0.05) is 18.2 Å². The van der Waals surface area contributed by atoms with Gasteiger partial charge in [-0.3, -0.25) is 0 Å². The molecule has 19 heavy (non-hydrogen) atoms. The molecule has 2 N–H and O–H groups in total. The van der Waals surface area contributed by atoms with Gasteiger partial charge >= 0.3 is 6.18 Å². The number of hydrogen-bond acceptors (Lipinski definition) is 2. The fourth-order valence-corrected chi connectivity index (χ4v) is 1.79. The Morgan fingerprint density at radius 3 is 2.32 bits per heavy atom. The molecule has 2 aromatic rings. The Labute approximate surface area is 109 Å². The second kappa shape index (κ2) is 5.40. The number of aromatic nitrogens is 1. The number of alkyl halides is 3. The maximum atomic E-state index is 12.5. The summed E-state index contributed by atoms with van der Waals surface area (Å²) < 4.78 is 37.6. The Balaban J connectivity index is 2.16. The van der Waals surface area contributed by atoms with Crippen LogP contribution in [0.1, 0.15) is 23.0 Å². The largest absolute Gasteiger partial charge is 0.433 e. The lowest BCUT2D eigenvalue weighted by molar-refractivity contribution is -0.141. The summed E-state index contributed by atoms with van der Waals surface area (Å²) in [6.07, 6.45) is -4.15. The smallest absolute Gasteiger partial charge is 0.324 e. The highest BCUT2D eigenvalue weighted by Crippen LogP contribution is 2.27. The van der Waals surface area contributed by atoms with E-state index >= 15 is 0 Å². The van der Waals surface area contributed by atoms with Crippen LogP contribution in [0.3, 0.4) is 0 Å². The van der Waals surface area contributed by atoms with E-state index in [-0.39, 0.29) is 12.5 Å². The van der Waals surface area contributed by atoms with E-state index in [2.05, 4.69) is 4.98 Å². The number of nitrogens with two attached hydrogens (primary N) is 1. The Morgan fingerprint density at radius 2 is 1.68 bits per heavy atom. The lowest BCUT2D eigenvalue weighted by atomic mass is 10.0. The molecule has 0 amide bonds. The predicted molar refractivity (Wildman–Crippen MR) is 66.3 cm³/mol. The van der Waals surface area contributed by atoms with E-state index in [1.807, 2.05) is 30.3 Å². The quantitative estimate of drug-likeness (QED) is 0.925. The third kappa shape index (κ3) is 3.54. The van der Waals surface area contributed by atoms with Crippen LogP contribution < -0.4 is 5.73 Å². The first-order valence-electron chi connectivity index (χ1n) is 5.80. The van der Waals surface area contributed by atoms with Crippen molar-refractivity contribution in [2.45, 2.75) is 18.6 Å². The number of pyridine rings is 1. The molecule has 0 spiro atoms. The second-order valence-corrected chi connectivity index (χ2v) is 4.23. The third-order valence-electron chi connectivity index (χ3n) is 2.75. The average molecular weight is 266 g/mol. The molecule has 0 aliphatic rings. The van der Waals surface area contributed by atoms with E-state index in [4.69, 9.17) is 5.73 Å². The zero-order chi connectivity index (χ0) is 13.9. The van der Waals surface area contributed by atoms with Gasteiger partial charge in [-0.1, -0.05) is 36.4 Å². The van der Waals surface area contributed by atoms with Crippen LogP contribution in [0, 0.1) is 0 Å². The summed E-state index contributed by atoms with van der Waals surface area (Å²) in [5.41, 5.74) is 6.30. The lowest BCUT2D eigenvalue weighted by Gasteiger charge is -2.13. The van der Waals surface area contributed by atoms with Crippen LogP contribution in [-0.4, -0.2) is 4.98 Å². The molecular formula is C14H13F3N2. The maximum Gasteiger partial charge on any atom is 0.433 e. The monoisotopic (exact) mass is 266 g/mol. The van der Waals surface area contributed by atoms with E-state index in [9.17, 15) is 13.2 Å². The minimum Gasteiger partial charge on any atom is -0.324 e. The van der Waals surface area contributed by atoms with Crippen molar-refractivity contribution in [3.63, 3.8) is 0 Å². The van der Waals surface area contributed by atoms with Gasteiger partial charge in [-0.05, 0) is 17.7 Å². The second-order valence-electron chi connectivity index (χ2n) is 4.23. The lowest BCUT2D eigenvalue weighted by Crippen LogP contribution is -2.15. The van der Waals surface area contributed by atoms with Crippen LogP contribution in [0.2, 0.25) is 0 Å². The molecule has 5 heteroatoms. The van der Waals surface area contributed by atoms with Gasteiger partial charge in [-0.25, -0.2) is 4.98 Å². The molecule has 0 saturated heterocycles. The van der Waals surface area contributed by atoms with E-state index in [0.29, 0.717) is 5.69 Å². The summed E-state index contributed by atoms with van der Waals surface area (Å²) in [6.45, 7) is 0. The van der Waals surface area contributed by atoms with Crippen LogP contribution in [0.4, 0.5) is 13.2 Å². The molecule has 1 unspecified atom stereocenters. The van der Waals surface area contributed by atoms with E-state index in [1.165, 1.54) is 6.07 Å². The first-order chi connectivity index (χ1) is 8.97. The van der Waals surface area contributed by atoms with Crippen molar-refractivity contribution in [3.05, 3.63) is 65.5 Å². The van der Waals surface area contributed by atoms with Gasteiger partial charge in [0.1, 0.15) is 5.69 Å². The van der Waals surface area contributed by atoms with Crippen molar-refractivity contribution in [1.29, 1.82) is 0 Å². The normalized spacial score (nSPS) is 13.3. The number of benzene rings is 1. The van der Waals surface area contributed by atoms with Gasteiger partial charge in [0.05, 0.1) is 0 Å². The predicted octanol–water partition coefficient (Wildman–Crippen LogP) is 3.34. The Kier molecular flexibility index (Phi) is 3.85. The summed E-state index contributed by atoms with van der Waals surface area (Å²) in [7, 11) is 0. The molecule has 2 nitrogen and oxygen atoms in total. The van der Waals surface area contributed by atoms with Crippen LogP contribution in [-0.2, 0) is 12.6 Å². The fourth-order valence-electron chi connectivity index (χ4n) is 1.79. The molecule has 1 aromatic carbocycles. The number of nitrogens with zero attached hydrogens (tertiary/aromatic N) is 1. The molecule has 2 rings (SSSR count). The maximum absolute atomic E-state index is 12.5. The van der Waals surface area contributed by atoms with Crippen molar-refractivity contribution in [2.24, 2.45) is 5.73 Å². The molecule has 1 heterocycles. The zero-order valence-corrected chi connectivity index (χ0v) is 10.1. The van der Waals surface area contributed by atoms with Gasteiger partial charge in [0.15, 0.2) is 0 Å². The fraction of sp³-hybridized carbons (Fsp3) is 0.214. The van der Waals surface area contributed by atoms with E-state index < -0.39 is 11.9 Å². The first-order valence-corrected chi connectivity index (χ1v) is 5.80. The number of rotatable bonds is 3. The standard InChI is InChI=1S/C14H13F3N2/c15-14(16,17)13-8-4-7-11(19-13)9-12(18)10-5-2-1-3-6-10/h1-8,12H,9,18H2. The SMILES string of the molecule is NC(Cc1cccc(C(F)(F)F)n1)c1ccccc1. The molecule has 0 saturated carbocycles. The minimum atomic E-state index is -4.42. The number of hydrogen-bond donors (Lipinski definition) is 1. The van der Waals surface area contributed by atoms with Crippen LogP contribution in [0.5, 0.6) is 0 Å². The van der Waals surface area contributed by atoms with Crippen molar-refractivity contribution in [2.75, 3.05) is 0 Å². The number of halogens is 3. The van der Waals surface area contributed by atoms with Gasteiger partial charge in [-0.15, -0.1) is 0 Å². The molecule has 100 valence electrons. The Hall–Kier alpha value is -1.88. The third-order valence-corrected chi connectivity index (χ3v) is 2.75. The summed E-state index contributed by atoms with van der Waals surface area (Å²) in [5.74, 6) is 0. The molecule has 0 aliphatic heterocycles. The topological polar surface area (TPSA) is 38.9 Å². The molecule has 0 aliphatic carbocycles. The van der Waals surface area contributed by atoms with Gasteiger partial charge in [0.25, 0.3) is 0 Å². The highest BCUT2D eigenvalue weighted by Gasteiger charge is 2.32. The summed E-state index contributed by atoms with van der Waals surface area (Å²) in [6, 6.07) is 12.7. The Bertz CT molecular complexity index is 538. The zero-order valence-electron chi connectivity index (χ0n) is 10.1. The Morgan fingerprint density at radius 1 is 1.00 bits per heavy atom. The summed E-state index contributed by atoms with van der Waals surface area (Å²) >= 11 is 0. The molecule has 1 atom stereocenters. The highest BCUT2D eigenvalue weighted by atomic mass is 19.4. The summed E-state index contributed by atoms with van der Waals surface area (Å²) in [5, 5.41) is 0. The van der Waals surface area contributed by atoms with Crippen molar-refractivity contribution < 1.29 is 13.2 Å². The molecular weight excluding hydrogens is 253 g/mol. The first kappa shape index (κ1) is 13.5. The highest BCUT2D eigenvalue weighted by molar-refractivity contribution is 5.21. The molecule has 1 aromatic heterocycles. The molecule has 0 bridgehead atoms. The van der Waals surface area contributed by atoms with E-state index in [1.54, 1.807) is 6.07 Å². The minimum absolute atomic E-state index is 0.272. The molecule has 0 fully saturated rings. The van der Waals surface area contributed by atoms with Crippen LogP contribution in [0.25, 0.3) is 0 Å². The summed E-state index contributed by atoms with van der Waals surface area (Å²) in [4.78, 5) is 3.60. The van der Waals surface area contributed by atoms with Crippen LogP contribution >= 0.6 is 0 Å². The van der Waals surface area contributed by atoms with Gasteiger partial charge < -0.3 is 5.73 Å².